The van der Waals surface area contributed by atoms with Crippen LogP contribution in [0.4, 0.5) is 28.8 Å². The predicted molar refractivity (Wildman–Crippen MR) is 127 cm³/mol. The highest BCUT2D eigenvalue weighted by Gasteiger charge is 2.10. The highest BCUT2D eigenvalue weighted by Crippen LogP contribution is 2.25. The van der Waals surface area contributed by atoms with Gasteiger partial charge in [-0.2, -0.15) is 4.98 Å². The Bertz CT molecular complexity index is 1060. The van der Waals surface area contributed by atoms with Crippen molar-refractivity contribution in [3.63, 3.8) is 0 Å². The lowest BCUT2D eigenvalue weighted by atomic mass is 10.2. The summed E-state index contributed by atoms with van der Waals surface area (Å²) in [6, 6.07) is 17.3. The topological polar surface area (TPSA) is 110 Å². The van der Waals surface area contributed by atoms with E-state index in [4.69, 9.17) is 0 Å². The van der Waals surface area contributed by atoms with Gasteiger partial charge in [-0.1, -0.05) is 12.1 Å². The molecule has 164 valence electrons. The summed E-state index contributed by atoms with van der Waals surface area (Å²) in [7, 11) is 2.77. The molecular formula is C22H27N5O3S. The van der Waals surface area contributed by atoms with E-state index in [1.165, 1.54) is 6.92 Å². The number of benzene rings is 2. The third-order valence-electron chi connectivity index (χ3n) is 4.63. The van der Waals surface area contributed by atoms with Crippen LogP contribution in [-0.2, 0) is 21.3 Å². The maximum atomic E-state index is 11.5. The second-order valence-electron chi connectivity index (χ2n) is 6.93. The highest BCUT2D eigenvalue weighted by molar-refractivity contribution is 7.83. The summed E-state index contributed by atoms with van der Waals surface area (Å²) in [5.41, 5.74) is 3.60. The fourth-order valence-corrected chi connectivity index (χ4v) is 3.56. The fourth-order valence-electron chi connectivity index (χ4n) is 2.91. The van der Waals surface area contributed by atoms with Gasteiger partial charge in [-0.25, -0.2) is 4.98 Å². The molecule has 3 aromatic rings. The number of hydrogen-bond acceptors (Lipinski definition) is 6. The number of anilines is 5. The summed E-state index contributed by atoms with van der Waals surface area (Å²) in [4.78, 5) is 24.0. The molecular weight excluding hydrogens is 414 g/mol. The first-order chi connectivity index (χ1) is 14.3. The minimum absolute atomic E-state index is 0. The lowest BCUT2D eigenvalue weighted by Crippen LogP contribution is -2.22. The van der Waals surface area contributed by atoms with E-state index in [9.17, 15) is 9.00 Å². The van der Waals surface area contributed by atoms with Gasteiger partial charge in [0.25, 0.3) is 0 Å². The summed E-state index contributed by atoms with van der Waals surface area (Å²) in [5, 5.41) is 3.21. The van der Waals surface area contributed by atoms with Gasteiger partial charge in [0, 0.05) is 67.1 Å². The Labute approximate surface area is 184 Å². The number of carbonyl (C=O) groups is 1. The first-order valence-corrected chi connectivity index (χ1v) is 11.1. The van der Waals surface area contributed by atoms with Gasteiger partial charge in [0.15, 0.2) is 0 Å². The summed E-state index contributed by atoms with van der Waals surface area (Å²) in [5.74, 6) is 1.69. The van der Waals surface area contributed by atoms with Gasteiger partial charge in [-0.05, 0) is 48.0 Å². The Morgan fingerprint density at radius 3 is 2.39 bits per heavy atom. The molecule has 3 N–H and O–H groups in total. The van der Waals surface area contributed by atoms with Crippen molar-refractivity contribution in [3.05, 3.63) is 66.4 Å². The van der Waals surface area contributed by atoms with E-state index in [1.54, 1.807) is 24.4 Å². The van der Waals surface area contributed by atoms with E-state index in [0.717, 1.165) is 28.4 Å². The molecule has 1 amide bonds. The summed E-state index contributed by atoms with van der Waals surface area (Å²) in [6.45, 7) is 1.53. The summed E-state index contributed by atoms with van der Waals surface area (Å²) >= 11 is 0. The smallest absolute Gasteiger partial charge is 0.229 e. The van der Waals surface area contributed by atoms with Crippen LogP contribution >= 0.6 is 0 Å². The van der Waals surface area contributed by atoms with Crippen LogP contribution in [0.15, 0.2) is 60.8 Å². The molecule has 0 saturated heterocycles. The molecule has 9 heteroatoms. The van der Waals surface area contributed by atoms with E-state index in [1.807, 2.05) is 66.5 Å². The monoisotopic (exact) mass is 441 g/mol. The number of rotatable bonds is 7. The van der Waals surface area contributed by atoms with Crippen molar-refractivity contribution in [1.82, 2.24) is 9.97 Å². The summed E-state index contributed by atoms with van der Waals surface area (Å²) < 4.78 is 11.5. The van der Waals surface area contributed by atoms with Crippen molar-refractivity contribution >= 4 is 45.5 Å². The minimum atomic E-state index is -0.897. The first kappa shape index (κ1) is 24.0. The number of nitrogens with one attached hydrogen (secondary N) is 1. The lowest BCUT2D eigenvalue weighted by Gasteiger charge is -2.21. The zero-order valence-corrected chi connectivity index (χ0v) is 18.8. The SMILES string of the molecule is CC(=O)N(C)c1ccc(N(C)c2ccnc(Nc3cccc(CS(C)=O)c3)n2)cc1.O. The molecule has 0 saturated carbocycles. The normalized spacial score (nSPS) is 11.2. The van der Waals surface area contributed by atoms with Crippen molar-refractivity contribution in [2.24, 2.45) is 0 Å². The molecule has 3 rings (SSSR count). The zero-order valence-electron chi connectivity index (χ0n) is 18.0. The van der Waals surface area contributed by atoms with Crippen LogP contribution in [0.2, 0.25) is 0 Å². The second-order valence-corrected chi connectivity index (χ2v) is 8.37. The van der Waals surface area contributed by atoms with Crippen LogP contribution in [-0.4, -0.2) is 45.9 Å². The van der Waals surface area contributed by atoms with Crippen molar-refractivity contribution in [1.29, 1.82) is 0 Å². The Kier molecular flexibility index (Phi) is 8.23. The highest BCUT2D eigenvalue weighted by atomic mass is 32.2. The van der Waals surface area contributed by atoms with Gasteiger partial charge in [0.1, 0.15) is 5.82 Å². The van der Waals surface area contributed by atoms with Gasteiger partial charge in [0.05, 0.1) is 0 Å². The van der Waals surface area contributed by atoms with Crippen LogP contribution in [0.1, 0.15) is 12.5 Å². The lowest BCUT2D eigenvalue weighted by molar-refractivity contribution is -0.116. The molecule has 0 fully saturated rings. The molecule has 8 nitrogen and oxygen atoms in total. The third kappa shape index (κ3) is 6.34. The molecule has 0 aliphatic carbocycles. The maximum Gasteiger partial charge on any atom is 0.229 e. The second kappa shape index (κ2) is 10.6. The predicted octanol–water partition coefficient (Wildman–Crippen LogP) is 3.02. The zero-order chi connectivity index (χ0) is 21.7. The van der Waals surface area contributed by atoms with Gasteiger partial charge < -0.3 is 20.6 Å². The van der Waals surface area contributed by atoms with E-state index in [2.05, 4.69) is 15.3 Å². The van der Waals surface area contributed by atoms with Crippen molar-refractivity contribution in [3.8, 4) is 0 Å². The number of hydrogen-bond donors (Lipinski definition) is 1. The molecule has 0 spiro atoms. The van der Waals surface area contributed by atoms with E-state index in [0.29, 0.717) is 11.7 Å². The van der Waals surface area contributed by atoms with Crippen molar-refractivity contribution in [2.75, 3.05) is 35.5 Å². The van der Waals surface area contributed by atoms with Gasteiger partial charge in [0.2, 0.25) is 11.9 Å². The van der Waals surface area contributed by atoms with Gasteiger partial charge in [-0.3, -0.25) is 9.00 Å². The Morgan fingerprint density at radius 2 is 1.74 bits per heavy atom. The average Bonchev–Trinajstić information content (AvgIpc) is 2.72. The molecule has 1 atom stereocenters. The molecule has 1 aromatic heterocycles. The maximum absolute atomic E-state index is 11.5. The van der Waals surface area contributed by atoms with Gasteiger partial charge >= 0.3 is 0 Å². The van der Waals surface area contributed by atoms with E-state index in [-0.39, 0.29) is 11.4 Å². The largest absolute Gasteiger partial charge is 0.412 e. The molecule has 0 aliphatic heterocycles. The standard InChI is InChI=1S/C22H25N5O2S.H2O/c1-16(28)26(2)19-8-10-20(11-9-19)27(3)21-12-13-23-22(25-21)24-18-7-5-6-17(14-18)15-30(4)29;/h5-14H,15H2,1-4H3,(H,23,24,25);1H2. The molecule has 0 aliphatic rings. The van der Waals surface area contributed by atoms with Crippen molar-refractivity contribution in [2.45, 2.75) is 12.7 Å². The van der Waals surface area contributed by atoms with Crippen molar-refractivity contribution < 1.29 is 14.5 Å². The molecule has 0 radical (unpaired) electrons. The minimum Gasteiger partial charge on any atom is -0.412 e. The fraction of sp³-hybridized carbons (Fsp3) is 0.227. The Hall–Kier alpha value is -3.30. The van der Waals surface area contributed by atoms with Crippen LogP contribution in [0.3, 0.4) is 0 Å². The molecule has 2 aromatic carbocycles. The Balaban J connectivity index is 0.00000341. The molecule has 1 unspecified atom stereocenters. The van der Waals surface area contributed by atoms with E-state index < -0.39 is 10.8 Å². The third-order valence-corrected chi connectivity index (χ3v) is 5.37. The molecule has 31 heavy (non-hydrogen) atoms. The quantitative estimate of drug-likeness (QED) is 0.603. The molecule has 0 bridgehead atoms. The Morgan fingerprint density at radius 1 is 1.06 bits per heavy atom. The number of nitrogens with zero attached hydrogens (tertiary/aromatic N) is 4. The first-order valence-electron chi connectivity index (χ1n) is 9.40. The van der Waals surface area contributed by atoms with Crippen LogP contribution in [0.5, 0.6) is 0 Å². The average molecular weight is 442 g/mol. The van der Waals surface area contributed by atoms with Crippen LogP contribution < -0.4 is 15.1 Å². The molecule has 1 heterocycles. The number of aromatic nitrogens is 2. The summed E-state index contributed by atoms with van der Waals surface area (Å²) in [6.07, 6.45) is 3.39. The number of amides is 1. The van der Waals surface area contributed by atoms with Crippen LogP contribution in [0.25, 0.3) is 0 Å². The van der Waals surface area contributed by atoms with Gasteiger partial charge in [-0.15, -0.1) is 0 Å². The van der Waals surface area contributed by atoms with Crippen LogP contribution in [0, 0.1) is 0 Å². The number of carbonyl (C=O) groups excluding carboxylic acids is 1. The van der Waals surface area contributed by atoms with E-state index >= 15 is 0 Å².